The van der Waals surface area contributed by atoms with Gasteiger partial charge >= 0.3 is 18.2 Å². The summed E-state index contributed by atoms with van der Waals surface area (Å²) >= 11 is 3.02. The van der Waals surface area contributed by atoms with Gasteiger partial charge in [0.25, 0.3) is 0 Å². The Labute approximate surface area is 475 Å². The van der Waals surface area contributed by atoms with Crippen molar-refractivity contribution >= 4 is 68.6 Å². The van der Waals surface area contributed by atoms with Crippen molar-refractivity contribution in [3.05, 3.63) is 249 Å². The van der Waals surface area contributed by atoms with Crippen molar-refractivity contribution in [2.24, 2.45) is 5.73 Å². The summed E-state index contributed by atoms with van der Waals surface area (Å²) in [5.41, 5.74) is 10.2. The van der Waals surface area contributed by atoms with Crippen LogP contribution in [0.4, 0.5) is 31.4 Å². The number of nitrogens with two attached hydrogens (primary N) is 1. The SMILES string of the molecule is NCc1ccncc1.O=C(NCc1ccncc1)Nc1ccc(S(=O)(=O)c2cnccn2)cc1.O=C(NCc1ccncc1)Nc1ccc(Sc2cnccn2)cc1.O=C(Nc1ccc(Sc2cnccn2)cc1)Oc1ccccc1. The van der Waals surface area contributed by atoms with Crippen LogP contribution in [0.25, 0.3) is 0 Å². The molecular weight excluding hydrogens is 1090 g/mol. The molecule has 408 valence electrons. The van der Waals surface area contributed by atoms with Crippen LogP contribution in [0.5, 0.6) is 5.75 Å². The van der Waals surface area contributed by atoms with Crippen LogP contribution in [0.2, 0.25) is 0 Å². The van der Waals surface area contributed by atoms with Gasteiger partial charge in [0.15, 0.2) is 5.03 Å². The van der Waals surface area contributed by atoms with Crippen molar-refractivity contribution in [3.63, 3.8) is 0 Å². The first-order valence-corrected chi connectivity index (χ1v) is 27.4. The van der Waals surface area contributed by atoms with Crippen molar-refractivity contribution in [3.8, 4) is 5.75 Å². The minimum atomic E-state index is -3.74. The van der Waals surface area contributed by atoms with Gasteiger partial charge in [-0.05, 0) is 138 Å². The van der Waals surface area contributed by atoms with E-state index in [2.05, 4.69) is 71.4 Å². The van der Waals surface area contributed by atoms with E-state index in [0.717, 1.165) is 42.2 Å². The number of nitrogens with one attached hydrogen (secondary N) is 5. The highest BCUT2D eigenvalue weighted by Crippen LogP contribution is 2.28. The maximum atomic E-state index is 12.4. The van der Waals surface area contributed by atoms with Gasteiger partial charge in [-0.2, -0.15) is 0 Å². The first kappa shape index (κ1) is 58.7. The summed E-state index contributed by atoms with van der Waals surface area (Å²) < 4.78 is 30.0. The van der Waals surface area contributed by atoms with Gasteiger partial charge in [0.05, 0.1) is 23.5 Å². The molecule has 5 amide bonds. The number of benzene rings is 4. The molecule has 0 aliphatic carbocycles. The zero-order chi connectivity index (χ0) is 56.7. The molecule has 0 aliphatic heterocycles. The second-order valence-electron chi connectivity index (χ2n) is 16.1. The number of carbonyl (C=O) groups is 3. The second kappa shape index (κ2) is 32.0. The molecule has 0 aliphatic rings. The maximum absolute atomic E-state index is 12.4. The highest BCUT2D eigenvalue weighted by molar-refractivity contribution is 7.99. The normalized spacial score (nSPS) is 10.3. The Balaban J connectivity index is 0.000000164. The number of carbonyl (C=O) groups excluding carboxylic acids is 3. The minimum Gasteiger partial charge on any atom is -0.410 e. The molecule has 0 spiro atoms. The fourth-order valence-corrected chi connectivity index (χ4v) is 8.98. The third kappa shape index (κ3) is 21.0. The Morgan fingerprint density at radius 2 is 0.864 bits per heavy atom. The van der Waals surface area contributed by atoms with Crippen molar-refractivity contribution in [2.75, 3.05) is 16.0 Å². The van der Waals surface area contributed by atoms with E-state index in [1.54, 1.807) is 111 Å². The number of pyridine rings is 3. The number of amides is 5. The molecule has 0 saturated heterocycles. The fourth-order valence-electron chi connectivity index (χ4n) is 6.37. The van der Waals surface area contributed by atoms with E-state index in [1.165, 1.54) is 66.4 Å². The van der Waals surface area contributed by atoms with Crippen LogP contribution in [0.3, 0.4) is 0 Å². The summed E-state index contributed by atoms with van der Waals surface area (Å²) in [5, 5.41) is 15.1. The molecule has 0 unspecified atom stereocenters. The number of urea groups is 2. The van der Waals surface area contributed by atoms with Crippen molar-refractivity contribution in [2.45, 2.75) is 49.4 Å². The smallest absolute Gasteiger partial charge is 0.410 e. The lowest BCUT2D eigenvalue weighted by atomic mass is 10.3. The molecule has 6 aromatic heterocycles. The van der Waals surface area contributed by atoms with Crippen LogP contribution < -0.4 is 37.1 Å². The van der Waals surface area contributed by atoms with Crippen molar-refractivity contribution in [1.29, 1.82) is 0 Å². The van der Waals surface area contributed by atoms with Gasteiger partial charge in [0.2, 0.25) is 9.84 Å². The Bertz CT molecular complexity index is 3570. The molecule has 7 N–H and O–H groups in total. The summed E-state index contributed by atoms with van der Waals surface area (Å²) in [6.45, 7) is 1.41. The predicted molar refractivity (Wildman–Crippen MR) is 308 cm³/mol. The van der Waals surface area contributed by atoms with Gasteiger partial charge < -0.3 is 31.7 Å². The average Bonchev–Trinajstić information content (AvgIpc) is 3.59. The van der Waals surface area contributed by atoms with Crippen LogP contribution in [-0.4, -0.2) is 71.4 Å². The van der Waals surface area contributed by atoms with Gasteiger partial charge in [0, 0.05) is 121 Å². The highest BCUT2D eigenvalue weighted by Gasteiger charge is 2.19. The Hall–Kier alpha value is -10.0. The number of hydrogen-bond acceptors (Lipinski definition) is 18. The first-order valence-electron chi connectivity index (χ1n) is 24.3. The van der Waals surface area contributed by atoms with E-state index in [9.17, 15) is 22.8 Å². The van der Waals surface area contributed by atoms with Crippen LogP contribution in [0, 0.1) is 0 Å². The molecule has 10 rings (SSSR count). The lowest BCUT2D eigenvalue weighted by Crippen LogP contribution is -2.28. The Kier molecular flexibility index (Phi) is 23.2. The number of rotatable bonds is 15. The summed E-state index contributed by atoms with van der Waals surface area (Å²) in [4.78, 5) is 73.5. The third-order valence-electron chi connectivity index (χ3n) is 10.3. The molecule has 10 aromatic rings. The van der Waals surface area contributed by atoms with Crippen LogP contribution in [0.1, 0.15) is 16.7 Å². The number of para-hydroxylation sites is 1. The van der Waals surface area contributed by atoms with Gasteiger partial charge in [-0.25, -0.2) is 37.8 Å². The average molecular weight is 1140 g/mol. The molecule has 0 bridgehead atoms. The Morgan fingerprint density at radius 3 is 1.27 bits per heavy atom. The van der Waals surface area contributed by atoms with Gasteiger partial charge in [-0.1, -0.05) is 41.7 Å². The minimum absolute atomic E-state index is 0.0701. The molecule has 0 radical (unpaired) electrons. The van der Waals surface area contributed by atoms with E-state index >= 15 is 0 Å². The topological polar surface area (TPSA) is 297 Å². The summed E-state index contributed by atoms with van der Waals surface area (Å²) in [7, 11) is -3.74. The molecule has 81 heavy (non-hydrogen) atoms. The molecule has 4 aromatic carbocycles. The molecule has 6 heterocycles. The number of sulfone groups is 1. The Morgan fingerprint density at radius 1 is 0.444 bits per heavy atom. The lowest BCUT2D eigenvalue weighted by molar-refractivity contribution is 0.215. The second-order valence-corrected chi connectivity index (χ2v) is 20.2. The first-order chi connectivity index (χ1) is 39.6. The largest absolute Gasteiger partial charge is 0.417 e. The van der Waals surface area contributed by atoms with Crippen molar-refractivity contribution < 1.29 is 27.5 Å². The van der Waals surface area contributed by atoms with Gasteiger partial charge in [-0.15, -0.1) is 0 Å². The van der Waals surface area contributed by atoms with Crippen LogP contribution in [-0.2, 0) is 29.5 Å². The molecule has 0 fully saturated rings. The maximum Gasteiger partial charge on any atom is 0.417 e. The summed E-state index contributed by atoms with van der Waals surface area (Å²) in [6, 6.07) is 40.2. The van der Waals surface area contributed by atoms with E-state index in [1.807, 2.05) is 78.9 Å². The molecular formula is C57H51N15O6S3. The number of nitrogens with zero attached hydrogens (tertiary/aromatic N) is 9. The number of aromatic nitrogens is 9. The third-order valence-corrected chi connectivity index (χ3v) is 13.8. The summed E-state index contributed by atoms with van der Waals surface area (Å²) in [6.07, 6.45) is 23.5. The van der Waals surface area contributed by atoms with E-state index in [-0.39, 0.29) is 16.0 Å². The lowest BCUT2D eigenvalue weighted by Gasteiger charge is -2.08. The zero-order valence-corrected chi connectivity index (χ0v) is 45.3. The standard InChI is InChI=1S/C17H15N5O3S.C17H15N5OS.C17H13N3O2S.C6H8N2/c23-17(21-11-13-5-7-18-8-6-13)22-14-1-3-15(4-2-14)26(24,25)16-12-19-9-10-20-16;23-17(21-11-13-5-7-18-8-6-13)22-14-1-3-15(4-2-14)24-16-12-19-9-10-20-16;21-17(22-14-4-2-1-3-5-14)20-13-6-8-15(9-7-13)23-16-12-18-10-11-19-16;7-5-6-1-3-8-4-2-6/h1-10,12H,11H2,(H2,21,22,23);1-10,12H,11H2,(H2,21,22,23);1-12H,(H,20,21);1-4H,5,7H2. The highest BCUT2D eigenvalue weighted by atomic mass is 32.2. The molecule has 0 saturated carbocycles. The fraction of sp³-hybridized carbons (Fsp3) is 0.0526. The van der Waals surface area contributed by atoms with E-state index in [4.69, 9.17) is 10.5 Å². The summed E-state index contributed by atoms with van der Waals surface area (Å²) in [5.74, 6) is 0.500. The monoisotopic (exact) mass is 1140 g/mol. The quantitative estimate of drug-likeness (QED) is 0.0556. The number of anilines is 3. The van der Waals surface area contributed by atoms with E-state index < -0.39 is 22.0 Å². The molecule has 21 nitrogen and oxygen atoms in total. The van der Waals surface area contributed by atoms with Gasteiger partial charge in [0.1, 0.15) is 15.8 Å². The van der Waals surface area contributed by atoms with Gasteiger partial charge in [-0.3, -0.25) is 35.2 Å². The number of ether oxygens (including phenoxy) is 1. The van der Waals surface area contributed by atoms with Crippen LogP contribution in [0.15, 0.2) is 262 Å². The predicted octanol–water partition coefficient (Wildman–Crippen LogP) is 10.1. The zero-order valence-electron chi connectivity index (χ0n) is 42.8. The van der Waals surface area contributed by atoms with E-state index in [0.29, 0.717) is 36.8 Å². The van der Waals surface area contributed by atoms with Crippen LogP contribution >= 0.6 is 23.5 Å². The molecule has 0 atom stereocenters. The van der Waals surface area contributed by atoms with Crippen molar-refractivity contribution in [1.82, 2.24) is 55.5 Å². The molecule has 24 heteroatoms. The number of hydrogen-bond donors (Lipinski definition) is 6.